The number of anilines is 1. The van der Waals surface area contributed by atoms with Gasteiger partial charge in [0.05, 0.1) is 5.56 Å². The molecule has 0 aliphatic heterocycles. The molecule has 2 rings (SSSR count). The molecule has 1 aromatic rings. The summed E-state index contributed by atoms with van der Waals surface area (Å²) >= 11 is 5.99. The van der Waals surface area contributed by atoms with Gasteiger partial charge in [-0.2, -0.15) is 13.2 Å². The molecule has 1 aliphatic rings. The molecule has 0 aromatic carbocycles. The van der Waals surface area contributed by atoms with Crippen LogP contribution >= 0.6 is 11.6 Å². The average molecular weight is 279 g/mol. The van der Waals surface area contributed by atoms with Crippen molar-refractivity contribution in [1.29, 1.82) is 0 Å². The second-order valence-corrected chi connectivity index (χ2v) is 5.14. The lowest BCUT2D eigenvalue weighted by Gasteiger charge is -2.26. The monoisotopic (exact) mass is 278 g/mol. The third-order valence-corrected chi connectivity index (χ3v) is 3.54. The van der Waals surface area contributed by atoms with Crippen LogP contribution in [0, 0.1) is 0 Å². The van der Waals surface area contributed by atoms with E-state index in [4.69, 9.17) is 11.6 Å². The summed E-state index contributed by atoms with van der Waals surface area (Å²) in [7, 11) is 0. The Kier molecular flexibility index (Phi) is 4.00. The Balaban J connectivity index is 1.94. The van der Waals surface area contributed by atoms with Crippen LogP contribution in [0.3, 0.4) is 0 Å². The van der Waals surface area contributed by atoms with Crippen LogP contribution < -0.4 is 5.32 Å². The molecule has 0 amide bonds. The van der Waals surface area contributed by atoms with E-state index in [1.165, 1.54) is 6.07 Å². The van der Waals surface area contributed by atoms with E-state index >= 15 is 0 Å². The minimum absolute atomic E-state index is 0.226. The molecule has 0 bridgehead atoms. The summed E-state index contributed by atoms with van der Waals surface area (Å²) in [4.78, 5) is 3.79. The van der Waals surface area contributed by atoms with Crippen LogP contribution in [-0.4, -0.2) is 16.4 Å². The van der Waals surface area contributed by atoms with Gasteiger partial charge in [0.2, 0.25) is 0 Å². The molecule has 6 heteroatoms. The van der Waals surface area contributed by atoms with Crippen LogP contribution in [0.2, 0.25) is 0 Å². The molecule has 1 fully saturated rings. The van der Waals surface area contributed by atoms with Gasteiger partial charge in [-0.15, -0.1) is 11.6 Å². The van der Waals surface area contributed by atoms with Crippen molar-refractivity contribution in [3.63, 3.8) is 0 Å². The Hall–Kier alpha value is -0.970. The SMILES string of the molecule is FC(F)(F)c1ccc(NC2CCC(Cl)CC2)nc1. The fraction of sp³-hybridized carbons (Fsp3) is 0.583. The molecule has 1 saturated carbocycles. The highest BCUT2D eigenvalue weighted by Crippen LogP contribution is 2.29. The lowest BCUT2D eigenvalue weighted by molar-refractivity contribution is -0.137. The van der Waals surface area contributed by atoms with E-state index in [1.54, 1.807) is 0 Å². The molecule has 100 valence electrons. The van der Waals surface area contributed by atoms with E-state index < -0.39 is 11.7 Å². The van der Waals surface area contributed by atoms with Crippen molar-refractivity contribution in [2.75, 3.05) is 5.32 Å². The molecular weight excluding hydrogens is 265 g/mol. The minimum Gasteiger partial charge on any atom is -0.367 e. The van der Waals surface area contributed by atoms with Gasteiger partial charge in [0.15, 0.2) is 0 Å². The highest BCUT2D eigenvalue weighted by Gasteiger charge is 2.30. The predicted molar refractivity (Wildman–Crippen MR) is 64.8 cm³/mol. The maximum Gasteiger partial charge on any atom is 0.417 e. The van der Waals surface area contributed by atoms with Crippen molar-refractivity contribution >= 4 is 17.4 Å². The summed E-state index contributed by atoms with van der Waals surface area (Å²) in [5, 5.41) is 3.37. The molecule has 0 atom stereocenters. The second-order valence-electron chi connectivity index (χ2n) is 4.52. The summed E-state index contributed by atoms with van der Waals surface area (Å²) in [5.41, 5.74) is -0.725. The van der Waals surface area contributed by atoms with Crippen LogP contribution in [0.1, 0.15) is 31.2 Å². The van der Waals surface area contributed by atoms with Crippen LogP contribution in [0.4, 0.5) is 19.0 Å². The Morgan fingerprint density at radius 1 is 1.17 bits per heavy atom. The number of hydrogen-bond acceptors (Lipinski definition) is 2. The number of hydrogen-bond donors (Lipinski definition) is 1. The fourth-order valence-electron chi connectivity index (χ4n) is 2.05. The van der Waals surface area contributed by atoms with Crippen molar-refractivity contribution in [3.05, 3.63) is 23.9 Å². The molecule has 0 saturated heterocycles. The largest absolute Gasteiger partial charge is 0.417 e. The average Bonchev–Trinajstić information content (AvgIpc) is 2.32. The normalized spacial score (nSPS) is 24.9. The van der Waals surface area contributed by atoms with Crippen molar-refractivity contribution in [3.8, 4) is 0 Å². The topological polar surface area (TPSA) is 24.9 Å². The van der Waals surface area contributed by atoms with E-state index in [0.29, 0.717) is 5.82 Å². The van der Waals surface area contributed by atoms with Crippen LogP contribution in [0.15, 0.2) is 18.3 Å². The van der Waals surface area contributed by atoms with Gasteiger partial charge in [-0.3, -0.25) is 0 Å². The van der Waals surface area contributed by atoms with Gasteiger partial charge >= 0.3 is 6.18 Å². The summed E-state index contributed by atoms with van der Waals surface area (Å²) < 4.78 is 37.0. The van der Waals surface area contributed by atoms with Crippen molar-refractivity contribution in [1.82, 2.24) is 4.98 Å². The Labute approximate surface area is 109 Å². The third kappa shape index (κ3) is 3.51. The van der Waals surface area contributed by atoms with Crippen molar-refractivity contribution < 1.29 is 13.2 Å². The Bertz CT molecular complexity index is 383. The summed E-state index contributed by atoms with van der Waals surface area (Å²) in [5.74, 6) is 0.487. The number of alkyl halides is 4. The van der Waals surface area contributed by atoms with Crippen LogP contribution in [0.5, 0.6) is 0 Å². The van der Waals surface area contributed by atoms with Gasteiger partial charge in [-0.25, -0.2) is 4.98 Å². The van der Waals surface area contributed by atoms with Gasteiger partial charge in [-0.1, -0.05) is 0 Å². The molecule has 1 aromatic heterocycles. The zero-order valence-corrected chi connectivity index (χ0v) is 10.4. The maximum absolute atomic E-state index is 12.3. The summed E-state index contributed by atoms with van der Waals surface area (Å²) in [6.07, 6.45) is 0.241. The predicted octanol–water partition coefficient (Wildman–Crippen LogP) is 4.06. The first-order valence-corrected chi connectivity index (χ1v) is 6.32. The smallest absolute Gasteiger partial charge is 0.367 e. The molecule has 2 nitrogen and oxygen atoms in total. The third-order valence-electron chi connectivity index (χ3n) is 3.10. The number of aromatic nitrogens is 1. The van der Waals surface area contributed by atoms with Crippen molar-refractivity contribution in [2.24, 2.45) is 0 Å². The van der Waals surface area contributed by atoms with Crippen LogP contribution in [0.25, 0.3) is 0 Å². The number of nitrogens with one attached hydrogen (secondary N) is 1. The van der Waals surface area contributed by atoms with E-state index in [1.807, 2.05) is 0 Å². The van der Waals surface area contributed by atoms with Gasteiger partial charge in [-0.05, 0) is 37.8 Å². The maximum atomic E-state index is 12.3. The molecule has 1 heterocycles. The first-order chi connectivity index (χ1) is 8.45. The fourth-order valence-corrected chi connectivity index (χ4v) is 2.31. The van der Waals surface area contributed by atoms with E-state index in [2.05, 4.69) is 10.3 Å². The van der Waals surface area contributed by atoms with E-state index in [0.717, 1.165) is 37.9 Å². The summed E-state index contributed by atoms with van der Waals surface area (Å²) in [6, 6.07) is 2.67. The number of rotatable bonds is 2. The zero-order chi connectivity index (χ0) is 13.2. The quantitative estimate of drug-likeness (QED) is 0.825. The number of halogens is 4. The highest BCUT2D eigenvalue weighted by molar-refractivity contribution is 6.20. The van der Waals surface area contributed by atoms with Gasteiger partial charge in [0.25, 0.3) is 0 Å². The van der Waals surface area contributed by atoms with Gasteiger partial charge in [0, 0.05) is 17.6 Å². The van der Waals surface area contributed by atoms with Crippen molar-refractivity contribution in [2.45, 2.75) is 43.3 Å². The molecule has 0 spiro atoms. The lowest BCUT2D eigenvalue weighted by atomic mass is 9.95. The first-order valence-electron chi connectivity index (χ1n) is 5.89. The molecule has 1 N–H and O–H groups in total. The number of pyridine rings is 1. The molecule has 0 unspecified atom stereocenters. The van der Waals surface area contributed by atoms with E-state index in [-0.39, 0.29) is 11.4 Å². The van der Waals surface area contributed by atoms with Gasteiger partial charge in [0.1, 0.15) is 5.82 Å². The molecule has 0 radical (unpaired) electrons. The molecular formula is C12H14ClF3N2. The molecule has 18 heavy (non-hydrogen) atoms. The second kappa shape index (κ2) is 5.34. The van der Waals surface area contributed by atoms with E-state index in [9.17, 15) is 13.2 Å². The Morgan fingerprint density at radius 2 is 1.83 bits per heavy atom. The standard InChI is InChI=1S/C12H14ClF3N2/c13-9-2-4-10(5-3-9)18-11-6-1-8(7-17-11)12(14,15)16/h1,6-7,9-10H,2-5H2,(H,17,18). The van der Waals surface area contributed by atoms with Gasteiger partial charge < -0.3 is 5.32 Å². The Morgan fingerprint density at radius 3 is 2.33 bits per heavy atom. The first kappa shape index (κ1) is 13.5. The lowest BCUT2D eigenvalue weighted by Crippen LogP contribution is -2.26. The summed E-state index contributed by atoms with van der Waals surface area (Å²) in [6.45, 7) is 0. The zero-order valence-electron chi connectivity index (χ0n) is 9.67. The minimum atomic E-state index is -4.33. The highest BCUT2D eigenvalue weighted by atomic mass is 35.5. The molecule has 1 aliphatic carbocycles. The van der Waals surface area contributed by atoms with Crippen LogP contribution in [-0.2, 0) is 6.18 Å². The number of nitrogens with zero attached hydrogens (tertiary/aromatic N) is 1.